The van der Waals surface area contributed by atoms with Gasteiger partial charge in [-0.2, -0.15) is 0 Å². The number of hydrogen-bond acceptors (Lipinski definition) is 3. The number of hydrogen-bond donors (Lipinski definition) is 1. The predicted molar refractivity (Wildman–Crippen MR) is 64.9 cm³/mol. The number of nitrogens with zero attached hydrogens (tertiary/aromatic N) is 2. The van der Waals surface area contributed by atoms with Crippen LogP contribution in [0.2, 0.25) is 0 Å². The van der Waals surface area contributed by atoms with E-state index in [9.17, 15) is 9.59 Å². The molecule has 2 heterocycles. The minimum atomic E-state index is -0.185. The van der Waals surface area contributed by atoms with Crippen LogP contribution in [-0.4, -0.2) is 47.9 Å². The smallest absolute Gasteiger partial charge is 0.321 e. The maximum Gasteiger partial charge on any atom is 0.321 e. The van der Waals surface area contributed by atoms with E-state index in [1.54, 1.807) is 21.9 Å². The van der Waals surface area contributed by atoms with Gasteiger partial charge in [-0.3, -0.25) is 4.79 Å². The molecule has 1 aliphatic rings. The molecule has 0 saturated carbocycles. The Kier molecular flexibility index (Phi) is 3.66. The van der Waals surface area contributed by atoms with E-state index in [4.69, 9.17) is 4.42 Å². The third-order valence-corrected chi connectivity index (χ3v) is 2.81. The lowest BCUT2D eigenvalue weighted by atomic mass is 10.3. The van der Waals surface area contributed by atoms with E-state index >= 15 is 0 Å². The molecule has 0 aromatic carbocycles. The van der Waals surface area contributed by atoms with Gasteiger partial charge in [-0.05, 0) is 18.3 Å². The molecule has 1 fully saturated rings. The molecule has 1 aromatic rings. The van der Waals surface area contributed by atoms with E-state index < -0.39 is 0 Å². The van der Waals surface area contributed by atoms with Crippen molar-refractivity contribution in [2.45, 2.75) is 0 Å². The Morgan fingerprint density at radius 1 is 1.28 bits per heavy atom. The van der Waals surface area contributed by atoms with Crippen molar-refractivity contribution >= 4 is 11.9 Å². The van der Waals surface area contributed by atoms with Crippen molar-refractivity contribution in [2.24, 2.45) is 0 Å². The molecule has 0 spiro atoms. The van der Waals surface area contributed by atoms with Crippen molar-refractivity contribution in [3.8, 4) is 0 Å². The predicted octanol–water partition coefficient (Wildman–Crippen LogP) is 0.891. The first-order chi connectivity index (χ1) is 8.72. The zero-order chi connectivity index (χ0) is 13.0. The third-order valence-electron chi connectivity index (χ3n) is 2.81. The second-order valence-electron chi connectivity index (χ2n) is 3.91. The van der Waals surface area contributed by atoms with E-state index in [-0.39, 0.29) is 11.9 Å². The van der Waals surface area contributed by atoms with Gasteiger partial charge < -0.3 is 19.5 Å². The summed E-state index contributed by atoms with van der Waals surface area (Å²) < 4.78 is 5.06. The topological polar surface area (TPSA) is 65.8 Å². The average Bonchev–Trinajstić information content (AvgIpc) is 2.92. The van der Waals surface area contributed by atoms with Crippen LogP contribution in [0.15, 0.2) is 35.6 Å². The Bertz CT molecular complexity index is 433. The minimum absolute atomic E-state index is 0.135. The standard InChI is InChI=1S/C12H15N3O3/c1-2-13-12(17)15-7-5-14(6-8-15)11(16)10-4-3-9-18-10/h2-4,9H,1,5-8H2,(H,13,17). The summed E-state index contributed by atoms with van der Waals surface area (Å²) in [6.45, 7) is 5.46. The number of rotatable bonds is 2. The van der Waals surface area contributed by atoms with Crippen molar-refractivity contribution in [3.05, 3.63) is 36.9 Å². The van der Waals surface area contributed by atoms with Gasteiger partial charge in [-0.1, -0.05) is 6.58 Å². The third kappa shape index (κ3) is 2.53. The molecular formula is C12H15N3O3. The lowest BCUT2D eigenvalue weighted by Gasteiger charge is -2.33. The van der Waals surface area contributed by atoms with Crippen molar-refractivity contribution < 1.29 is 14.0 Å². The summed E-state index contributed by atoms with van der Waals surface area (Å²) in [5.41, 5.74) is 0. The number of carbonyl (C=O) groups is 2. The van der Waals surface area contributed by atoms with Crippen LogP contribution in [0.1, 0.15) is 10.6 Å². The fraction of sp³-hybridized carbons (Fsp3) is 0.333. The van der Waals surface area contributed by atoms with Crippen LogP contribution < -0.4 is 5.32 Å². The average molecular weight is 249 g/mol. The Labute approximate surface area is 105 Å². The highest BCUT2D eigenvalue weighted by Gasteiger charge is 2.25. The maximum atomic E-state index is 12.0. The fourth-order valence-electron chi connectivity index (χ4n) is 1.85. The van der Waals surface area contributed by atoms with Crippen LogP contribution in [0, 0.1) is 0 Å². The molecule has 6 nitrogen and oxygen atoms in total. The number of piperazine rings is 1. The van der Waals surface area contributed by atoms with Gasteiger partial charge in [-0.25, -0.2) is 4.79 Å². The quantitative estimate of drug-likeness (QED) is 0.846. The minimum Gasteiger partial charge on any atom is -0.459 e. The molecule has 0 atom stereocenters. The van der Waals surface area contributed by atoms with E-state index in [1.165, 1.54) is 12.5 Å². The molecule has 18 heavy (non-hydrogen) atoms. The van der Waals surface area contributed by atoms with Crippen molar-refractivity contribution in [2.75, 3.05) is 26.2 Å². The summed E-state index contributed by atoms with van der Waals surface area (Å²) in [6, 6.07) is 3.13. The molecule has 0 bridgehead atoms. The van der Waals surface area contributed by atoms with Crippen molar-refractivity contribution in [3.63, 3.8) is 0 Å². The summed E-state index contributed by atoms with van der Waals surface area (Å²) >= 11 is 0. The molecule has 3 amide bonds. The van der Waals surface area contributed by atoms with Crippen LogP contribution in [0.5, 0.6) is 0 Å². The maximum absolute atomic E-state index is 12.0. The second kappa shape index (κ2) is 5.39. The van der Waals surface area contributed by atoms with E-state index in [0.717, 1.165) is 0 Å². The molecule has 0 unspecified atom stereocenters. The number of urea groups is 1. The van der Waals surface area contributed by atoms with Gasteiger partial charge in [0.25, 0.3) is 5.91 Å². The molecule has 2 rings (SSSR count). The number of carbonyl (C=O) groups excluding carboxylic acids is 2. The molecule has 1 aliphatic heterocycles. The van der Waals surface area contributed by atoms with E-state index in [0.29, 0.717) is 31.9 Å². The first-order valence-electron chi connectivity index (χ1n) is 5.71. The van der Waals surface area contributed by atoms with Crippen LogP contribution in [0.3, 0.4) is 0 Å². The van der Waals surface area contributed by atoms with Gasteiger partial charge in [0.2, 0.25) is 0 Å². The number of nitrogens with one attached hydrogen (secondary N) is 1. The van der Waals surface area contributed by atoms with Gasteiger partial charge in [0.1, 0.15) is 0 Å². The first-order valence-corrected chi connectivity index (χ1v) is 5.71. The van der Waals surface area contributed by atoms with Gasteiger partial charge in [0.15, 0.2) is 5.76 Å². The molecule has 96 valence electrons. The zero-order valence-electron chi connectivity index (χ0n) is 9.96. The van der Waals surface area contributed by atoms with Crippen molar-refractivity contribution in [1.82, 2.24) is 15.1 Å². The SMILES string of the molecule is C=CNC(=O)N1CCN(C(=O)c2ccco2)CC1. The van der Waals surface area contributed by atoms with Crippen LogP contribution in [0.4, 0.5) is 4.79 Å². The van der Waals surface area contributed by atoms with Gasteiger partial charge in [0.05, 0.1) is 6.26 Å². The Balaban J connectivity index is 1.89. The van der Waals surface area contributed by atoms with Crippen LogP contribution in [0.25, 0.3) is 0 Å². The lowest BCUT2D eigenvalue weighted by Crippen LogP contribution is -2.52. The fourth-order valence-corrected chi connectivity index (χ4v) is 1.85. The van der Waals surface area contributed by atoms with Crippen molar-refractivity contribution in [1.29, 1.82) is 0 Å². The van der Waals surface area contributed by atoms with Crippen LogP contribution in [-0.2, 0) is 0 Å². The number of furan rings is 1. The summed E-state index contributed by atoms with van der Waals surface area (Å²) in [5, 5.41) is 2.52. The number of amides is 3. The molecule has 1 saturated heterocycles. The summed E-state index contributed by atoms with van der Waals surface area (Å²) in [4.78, 5) is 26.8. The molecule has 1 N–H and O–H groups in total. The molecule has 1 aromatic heterocycles. The zero-order valence-corrected chi connectivity index (χ0v) is 9.96. The van der Waals surface area contributed by atoms with Gasteiger partial charge >= 0.3 is 6.03 Å². The Hall–Kier alpha value is -2.24. The largest absolute Gasteiger partial charge is 0.459 e. The monoisotopic (exact) mass is 249 g/mol. The molecule has 6 heteroatoms. The van der Waals surface area contributed by atoms with Crippen LogP contribution >= 0.6 is 0 Å². The van der Waals surface area contributed by atoms with Gasteiger partial charge in [0, 0.05) is 26.2 Å². The summed E-state index contributed by atoms with van der Waals surface area (Å²) in [7, 11) is 0. The second-order valence-corrected chi connectivity index (χ2v) is 3.91. The summed E-state index contributed by atoms with van der Waals surface area (Å²) in [6.07, 6.45) is 2.82. The highest BCUT2D eigenvalue weighted by Crippen LogP contribution is 2.09. The Morgan fingerprint density at radius 2 is 1.94 bits per heavy atom. The highest BCUT2D eigenvalue weighted by molar-refractivity contribution is 5.91. The molecule has 0 radical (unpaired) electrons. The molecule has 0 aliphatic carbocycles. The highest BCUT2D eigenvalue weighted by atomic mass is 16.3. The molecular weight excluding hydrogens is 234 g/mol. The Morgan fingerprint density at radius 3 is 2.50 bits per heavy atom. The van der Waals surface area contributed by atoms with E-state index in [2.05, 4.69) is 11.9 Å². The summed E-state index contributed by atoms with van der Waals surface area (Å²) in [5.74, 6) is 0.197. The first kappa shape index (κ1) is 12.2. The van der Waals surface area contributed by atoms with Gasteiger partial charge in [-0.15, -0.1) is 0 Å². The lowest BCUT2D eigenvalue weighted by molar-refractivity contribution is 0.0636. The normalized spacial score (nSPS) is 15.3. The van der Waals surface area contributed by atoms with E-state index in [1.807, 2.05) is 0 Å².